The summed E-state index contributed by atoms with van der Waals surface area (Å²) in [6.07, 6.45) is 2.34. The number of nitrogens with zero attached hydrogens (tertiary/aromatic N) is 6. The largest absolute Gasteiger partial charge is 0.331 e. The second kappa shape index (κ2) is 11.4. The molecule has 0 saturated heterocycles. The predicted molar refractivity (Wildman–Crippen MR) is 147 cm³/mol. The first-order valence-corrected chi connectivity index (χ1v) is 20.0. The van der Waals surface area contributed by atoms with Gasteiger partial charge >= 0.3 is 0 Å². The highest BCUT2D eigenvalue weighted by Crippen LogP contribution is 2.65. The maximum atomic E-state index is 13.7. The van der Waals surface area contributed by atoms with Crippen LogP contribution >= 0.6 is 58.2 Å². The number of hydrogen-bond acceptors (Lipinski definition) is 8. The Bertz CT molecular complexity index is 1320. The molecular formula is C19H19F2I2N6O4PS2. The first-order valence-electron chi connectivity index (χ1n) is 10.3. The van der Waals surface area contributed by atoms with Crippen LogP contribution in [0.3, 0.4) is 0 Å². The third kappa shape index (κ3) is 6.03. The fourth-order valence-electron chi connectivity index (χ4n) is 3.69. The number of rotatable bonds is 10. The molecule has 4 rings (SSSR count). The second-order valence-corrected chi connectivity index (χ2v) is 27.4. The van der Waals surface area contributed by atoms with Crippen molar-refractivity contribution in [2.24, 2.45) is 0 Å². The van der Waals surface area contributed by atoms with Gasteiger partial charge in [-0.25, -0.2) is 8.78 Å². The summed E-state index contributed by atoms with van der Waals surface area (Å²) in [5, 5.41) is 7.86. The topological polar surface area (TPSA) is 112 Å². The predicted octanol–water partition coefficient (Wildman–Crippen LogP) is 4.54. The van der Waals surface area contributed by atoms with E-state index in [1.165, 1.54) is 17.9 Å². The van der Waals surface area contributed by atoms with Crippen LogP contribution in [-0.4, -0.2) is 56.2 Å². The van der Waals surface area contributed by atoms with Crippen molar-refractivity contribution in [2.75, 3.05) is 6.61 Å². The van der Waals surface area contributed by atoms with Gasteiger partial charge in [0.15, 0.2) is 0 Å². The molecule has 0 radical (unpaired) electrons. The first-order chi connectivity index (χ1) is 17.0. The van der Waals surface area contributed by atoms with Gasteiger partial charge in [-0.2, -0.15) is 22.7 Å². The highest BCUT2D eigenvalue weighted by atomic mass is 127. The van der Waals surface area contributed by atoms with E-state index in [9.17, 15) is 22.0 Å². The molecule has 0 saturated carbocycles. The molecule has 36 heavy (non-hydrogen) atoms. The van der Waals surface area contributed by atoms with Crippen LogP contribution in [-0.2, 0) is 44.1 Å². The smallest absolute Gasteiger partial charge is 0.286 e. The number of fused-ring (bicyclic) bond motifs is 1. The summed E-state index contributed by atoms with van der Waals surface area (Å²) < 4.78 is 58.0. The number of amides is 1. The van der Waals surface area contributed by atoms with Crippen LogP contribution in [0.2, 0.25) is 0 Å². The van der Waals surface area contributed by atoms with Crippen molar-refractivity contribution in [1.29, 1.82) is 0 Å². The van der Waals surface area contributed by atoms with Gasteiger partial charge in [-0.05, 0) is 63.1 Å². The van der Waals surface area contributed by atoms with E-state index in [1.807, 2.05) is 6.07 Å². The van der Waals surface area contributed by atoms with Crippen molar-refractivity contribution >= 4 is 74.1 Å². The minimum absolute atomic E-state index is 0.113. The Morgan fingerprint density at radius 3 is 2.72 bits per heavy atom. The van der Waals surface area contributed by atoms with Crippen LogP contribution in [0.25, 0.3) is 0 Å². The van der Waals surface area contributed by atoms with Crippen LogP contribution in [0.1, 0.15) is 23.9 Å². The number of hydrogen-bond donors (Lipinski definition) is 0. The number of carbonyl (C=O) groups excluding carboxylic acids is 1. The zero-order valence-corrected chi connectivity index (χ0v) is 25.4. The molecule has 10 nitrogen and oxygen atoms in total. The first kappa shape index (κ1) is 28.1. The van der Waals surface area contributed by atoms with Crippen LogP contribution in [0, 0.1) is 0 Å². The molecule has 4 heterocycles. The normalized spacial score (nSPS) is 15.5. The van der Waals surface area contributed by atoms with Gasteiger partial charge in [0.05, 0.1) is 30.7 Å². The monoisotopic (exact) mass is 782 g/mol. The summed E-state index contributed by atoms with van der Waals surface area (Å²) in [5.74, 6) is -0.214. The third-order valence-electron chi connectivity index (χ3n) is 5.48. The van der Waals surface area contributed by atoms with E-state index in [0.717, 1.165) is 21.2 Å². The van der Waals surface area contributed by atoms with Crippen molar-refractivity contribution in [3.05, 3.63) is 59.9 Å². The number of alkyl halides is 2. The summed E-state index contributed by atoms with van der Waals surface area (Å²) in [6.45, 7) is 1.45. The highest BCUT2D eigenvalue weighted by Gasteiger charge is 2.43. The van der Waals surface area contributed by atoms with E-state index >= 15 is 0 Å². The SMILES string of the molecule is CC(COSP(I)I)(C(=O)N1Cc2cn(S(=O)(=O)c3cnn(CC(F)F)c3)nc2C1)c1ccccn1. The molecule has 0 fully saturated rings. The number of aromatic nitrogens is 5. The van der Waals surface area contributed by atoms with Crippen molar-refractivity contribution < 1.29 is 26.2 Å². The molecule has 1 amide bonds. The summed E-state index contributed by atoms with van der Waals surface area (Å²) in [4.78, 5) is 19.4. The van der Waals surface area contributed by atoms with E-state index in [2.05, 4.69) is 59.3 Å². The quantitative estimate of drug-likeness (QED) is 0.168. The van der Waals surface area contributed by atoms with Gasteiger partial charge in [-0.1, -0.05) is 6.07 Å². The molecule has 0 bridgehead atoms. The summed E-state index contributed by atoms with van der Waals surface area (Å²) in [7, 11) is -4.12. The Hall–Kier alpha value is -0.950. The van der Waals surface area contributed by atoms with Gasteiger partial charge in [-0.15, -0.1) is 0 Å². The van der Waals surface area contributed by atoms with Crippen LogP contribution in [0.5, 0.6) is 0 Å². The van der Waals surface area contributed by atoms with Gasteiger partial charge < -0.3 is 9.08 Å². The van der Waals surface area contributed by atoms with Crippen LogP contribution < -0.4 is 0 Å². The summed E-state index contributed by atoms with van der Waals surface area (Å²) in [6, 6.07) is 5.35. The Labute approximate surface area is 237 Å². The maximum Gasteiger partial charge on any atom is 0.286 e. The average molecular weight is 782 g/mol. The average Bonchev–Trinajstić information content (AvgIpc) is 3.54. The van der Waals surface area contributed by atoms with Crippen molar-refractivity contribution in [1.82, 2.24) is 28.9 Å². The van der Waals surface area contributed by atoms with Gasteiger partial charge in [0, 0.05) is 42.4 Å². The van der Waals surface area contributed by atoms with Gasteiger partial charge in [0.25, 0.3) is 16.4 Å². The number of pyridine rings is 1. The van der Waals surface area contributed by atoms with Crippen LogP contribution in [0.15, 0.2) is 47.9 Å². The molecule has 1 aliphatic heterocycles. The lowest BCUT2D eigenvalue weighted by molar-refractivity contribution is -0.138. The Kier molecular flexibility index (Phi) is 8.91. The molecule has 0 aliphatic carbocycles. The molecule has 17 heteroatoms. The lowest BCUT2D eigenvalue weighted by atomic mass is 9.85. The van der Waals surface area contributed by atoms with Crippen molar-refractivity contribution in [2.45, 2.75) is 43.3 Å². The Balaban J connectivity index is 1.52. The van der Waals surface area contributed by atoms with E-state index in [1.54, 1.807) is 30.2 Å². The van der Waals surface area contributed by atoms with Gasteiger partial charge in [-0.3, -0.25) is 14.5 Å². The van der Waals surface area contributed by atoms with Gasteiger partial charge in [0.1, 0.15) is 19.3 Å². The van der Waals surface area contributed by atoms with E-state index in [0.29, 0.717) is 17.0 Å². The summed E-state index contributed by atoms with van der Waals surface area (Å²) >= 11 is 5.85. The van der Waals surface area contributed by atoms with Crippen molar-refractivity contribution in [3.8, 4) is 0 Å². The number of halogens is 4. The lowest BCUT2D eigenvalue weighted by Gasteiger charge is -2.31. The molecule has 194 valence electrons. The second-order valence-electron chi connectivity index (χ2n) is 8.01. The standard InChI is InChI=1S/C19H19F2I2N6O4PS2/c1-19(12-33-35-34(22)23,16-4-2-3-5-24-16)18(30)27-7-13-8-29(26-15(13)10-27)36(31,32)14-6-25-28(9-14)11-17(20)21/h2-6,8-9,17H,7,10-12H2,1H3. The minimum Gasteiger partial charge on any atom is -0.331 e. The fourth-order valence-corrected chi connectivity index (χ4v) is 7.62. The molecule has 0 spiro atoms. The van der Waals surface area contributed by atoms with E-state index in [4.69, 9.17) is 4.18 Å². The molecule has 1 unspecified atom stereocenters. The molecular weight excluding hydrogens is 763 g/mol. The molecule has 3 aromatic rings. The Morgan fingerprint density at radius 2 is 2.08 bits per heavy atom. The molecule has 0 aromatic carbocycles. The molecule has 0 N–H and O–H groups in total. The lowest BCUT2D eigenvalue weighted by Crippen LogP contribution is -2.46. The highest BCUT2D eigenvalue weighted by molar-refractivity contribution is 14.3. The summed E-state index contributed by atoms with van der Waals surface area (Å²) in [5.41, 5.74) is 0.527. The van der Waals surface area contributed by atoms with Gasteiger partial charge in [0.2, 0.25) is 5.91 Å². The third-order valence-corrected chi connectivity index (χ3v) is 10.9. The van der Waals surface area contributed by atoms with Crippen molar-refractivity contribution in [3.63, 3.8) is 0 Å². The van der Waals surface area contributed by atoms with E-state index < -0.39 is 30.8 Å². The number of carbonyl (C=O) groups is 1. The zero-order valence-electron chi connectivity index (χ0n) is 18.5. The fraction of sp³-hybridized carbons (Fsp3) is 0.368. The maximum absolute atomic E-state index is 13.7. The van der Waals surface area contributed by atoms with Crippen LogP contribution in [0.4, 0.5) is 8.78 Å². The van der Waals surface area contributed by atoms with E-state index in [-0.39, 0.29) is 30.5 Å². The minimum atomic E-state index is -4.12. The zero-order chi connectivity index (χ0) is 26.1. The molecule has 1 aliphatic rings. The molecule has 1 atom stereocenters. The molecule has 3 aromatic heterocycles. The Morgan fingerprint density at radius 1 is 1.31 bits per heavy atom.